The van der Waals surface area contributed by atoms with Gasteiger partial charge in [0.2, 0.25) is 5.91 Å². The number of hydrogen-bond acceptors (Lipinski definition) is 5. The summed E-state index contributed by atoms with van der Waals surface area (Å²) in [5.41, 5.74) is 6.03. The van der Waals surface area contributed by atoms with Gasteiger partial charge < -0.3 is 16.4 Å². The molecule has 0 aliphatic carbocycles. The lowest BCUT2D eigenvalue weighted by atomic mass is 10.2. The average Bonchev–Trinajstić information content (AvgIpc) is 2.76. The smallest absolute Gasteiger partial charge is 0.339 e. The van der Waals surface area contributed by atoms with Crippen LogP contribution in [-0.2, 0) is 0 Å². The third kappa shape index (κ3) is 5.90. The number of urea groups is 1. The highest BCUT2D eigenvalue weighted by molar-refractivity contribution is 6.03. The molecule has 0 spiro atoms. The van der Waals surface area contributed by atoms with Crippen LogP contribution in [0.3, 0.4) is 0 Å². The molecule has 2 aromatic carbocycles. The molecular formula is C20H25N5O3. The Labute approximate surface area is 164 Å². The van der Waals surface area contributed by atoms with E-state index in [0.29, 0.717) is 24.2 Å². The summed E-state index contributed by atoms with van der Waals surface area (Å²) in [6, 6.07) is 17.2. The maximum absolute atomic E-state index is 12.4. The van der Waals surface area contributed by atoms with Gasteiger partial charge in [-0.3, -0.25) is 9.59 Å². The predicted octanol–water partition coefficient (Wildman–Crippen LogP) is 1.07. The molecule has 1 fully saturated rings. The SMILES string of the molecule is CNC(=O)N(C(=O)c1ccccc1)N1CCNCC1.NC(=O)c1ccccc1. The van der Waals surface area contributed by atoms with Crippen LogP contribution in [0.15, 0.2) is 60.7 Å². The summed E-state index contributed by atoms with van der Waals surface area (Å²) in [6.45, 7) is 2.78. The van der Waals surface area contributed by atoms with Crippen molar-refractivity contribution < 1.29 is 14.4 Å². The number of nitrogens with one attached hydrogen (secondary N) is 2. The highest BCUT2D eigenvalue weighted by atomic mass is 16.2. The van der Waals surface area contributed by atoms with Crippen LogP contribution < -0.4 is 16.4 Å². The monoisotopic (exact) mass is 383 g/mol. The lowest BCUT2D eigenvalue weighted by molar-refractivity contribution is 0.00857. The van der Waals surface area contributed by atoms with E-state index >= 15 is 0 Å². The van der Waals surface area contributed by atoms with Crippen molar-refractivity contribution in [2.45, 2.75) is 0 Å². The highest BCUT2D eigenvalue weighted by Gasteiger charge is 2.29. The Bertz CT molecular complexity index is 777. The van der Waals surface area contributed by atoms with E-state index in [1.165, 1.54) is 12.1 Å². The molecule has 1 saturated heterocycles. The quantitative estimate of drug-likeness (QED) is 0.735. The first-order valence-corrected chi connectivity index (χ1v) is 8.96. The van der Waals surface area contributed by atoms with E-state index in [1.807, 2.05) is 12.1 Å². The van der Waals surface area contributed by atoms with Crippen LogP contribution in [0.5, 0.6) is 0 Å². The summed E-state index contributed by atoms with van der Waals surface area (Å²) in [7, 11) is 1.52. The van der Waals surface area contributed by atoms with Gasteiger partial charge in [-0.05, 0) is 24.3 Å². The second-order valence-corrected chi connectivity index (χ2v) is 5.97. The van der Waals surface area contributed by atoms with E-state index in [-0.39, 0.29) is 11.8 Å². The summed E-state index contributed by atoms with van der Waals surface area (Å²) >= 11 is 0. The number of imide groups is 1. The fourth-order valence-electron chi connectivity index (χ4n) is 2.61. The zero-order valence-electron chi connectivity index (χ0n) is 15.8. The van der Waals surface area contributed by atoms with Crippen LogP contribution in [0, 0.1) is 0 Å². The summed E-state index contributed by atoms with van der Waals surface area (Å²) in [4.78, 5) is 34.8. The lowest BCUT2D eigenvalue weighted by Crippen LogP contribution is -2.58. The van der Waals surface area contributed by atoms with Gasteiger partial charge in [0.25, 0.3) is 5.91 Å². The van der Waals surface area contributed by atoms with E-state index in [2.05, 4.69) is 10.6 Å². The Balaban J connectivity index is 0.000000261. The molecule has 28 heavy (non-hydrogen) atoms. The molecule has 4 N–H and O–H groups in total. The minimum absolute atomic E-state index is 0.304. The summed E-state index contributed by atoms with van der Waals surface area (Å²) in [5, 5.41) is 8.67. The van der Waals surface area contributed by atoms with Crippen molar-refractivity contribution in [2.75, 3.05) is 33.2 Å². The second kappa shape index (κ2) is 10.8. The number of primary amides is 1. The Morgan fingerprint density at radius 1 is 0.929 bits per heavy atom. The molecule has 1 heterocycles. The van der Waals surface area contributed by atoms with Gasteiger partial charge in [0.05, 0.1) is 0 Å². The van der Waals surface area contributed by atoms with Crippen LogP contribution in [0.1, 0.15) is 20.7 Å². The van der Waals surface area contributed by atoms with Crippen molar-refractivity contribution >= 4 is 17.8 Å². The summed E-state index contributed by atoms with van der Waals surface area (Å²) < 4.78 is 0. The van der Waals surface area contributed by atoms with E-state index in [1.54, 1.807) is 53.5 Å². The number of nitrogens with two attached hydrogens (primary N) is 1. The highest BCUT2D eigenvalue weighted by Crippen LogP contribution is 2.09. The zero-order valence-corrected chi connectivity index (χ0v) is 15.8. The molecule has 0 aromatic heterocycles. The molecule has 8 heteroatoms. The fraction of sp³-hybridized carbons (Fsp3) is 0.250. The average molecular weight is 383 g/mol. The van der Waals surface area contributed by atoms with Crippen LogP contribution in [0.25, 0.3) is 0 Å². The van der Waals surface area contributed by atoms with Gasteiger partial charge in [-0.1, -0.05) is 36.4 Å². The molecule has 8 nitrogen and oxygen atoms in total. The molecule has 148 valence electrons. The standard InChI is InChI=1S/C13H18N4O2.C7H7NO/c1-14-13(19)17(16-9-7-15-8-10-16)12(18)11-5-3-2-4-6-11;8-7(9)6-4-2-1-3-5-6/h2-6,15H,7-10H2,1H3,(H,14,19);1-5H,(H2,8,9). The minimum Gasteiger partial charge on any atom is -0.366 e. The maximum Gasteiger partial charge on any atom is 0.339 e. The van der Waals surface area contributed by atoms with Gasteiger partial charge >= 0.3 is 6.03 Å². The van der Waals surface area contributed by atoms with Crippen LogP contribution in [0.4, 0.5) is 4.79 Å². The predicted molar refractivity (Wildman–Crippen MR) is 106 cm³/mol. The summed E-state index contributed by atoms with van der Waals surface area (Å²) in [5.74, 6) is -0.683. The van der Waals surface area contributed by atoms with E-state index in [0.717, 1.165) is 13.1 Å². The maximum atomic E-state index is 12.4. The lowest BCUT2D eigenvalue weighted by Gasteiger charge is -2.35. The van der Waals surface area contributed by atoms with Crippen LogP contribution in [-0.4, -0.2) is 61.1 Å². The van der Waals surface area contributed by atoms with Crippen molar-refractivity contribution in [1.82, 2.24) is 20.7 Å². The van der Waals surface area contributed by atoms with Crippen molar-refractivity contribution in [3.05, 3.63) is 71.8 Å². The molecule has 3 rings (SSSR count). The Morgan fingerprint density at radius 2 is 1.43 bits per heavy atom. The van der Waals surface area contributed by atoms with Crippen molar-refractivity contribution in [1.29, 1.82) is 0 Å². The first kappa shape index (κ1) is 21.1. The van der Waals surface area contributed by atoms with Crippen LogP contribution >= 0.6 is 0 Å². The van der Waals surface area contributed by atoms with Gasteiger partial charge in [-0.2, -0.15) is 5.01 Å². The third-order valence-corrected chi connectivity index (χ3v) is 4.05. The Hall–Kier alpha value is -3.23. The Morgan fingerprint density at radius 3 is 1.86 bits per heavy atom. The van der Waals surface area contributed by atoms with Crippen molar-refractivity contribution in [2.24, 2.45) is 5.73 Å². The molecule has 0 atom stereocenters. The number of hydrazine groups is 1. The minimum atomic E-state index is -0.407. The second-order valence-electron chi connectivity index (χ2n) is 5.97. The molecule has 0 unspecified atom stereocenters. The molecule has 0 saturated carbocycles. The van der Waals surface area contributed by atoms with Gasteiger partial charge in [0.1, 0.15) is 0 Å². The number of carbonyl (C=O) groups excluding carboxylic acids is 3. The van der Waals surface area contributed by atoms with Gasteiger partial charge in [-0.15, -0.1) is 0 Å². The fourth-order valence-corrected chi connectivity index (χ4v) is 2.61. The molecule has 0 radical (unpaired) electrons. The molecule has 4 amide bonds. The first-order chi connectivity index (χ1) is 13.5. The number of carbonyl (C=O) groups is 3. The van der Waals surface area contributed by atoms with E-state index in [4.69, 9.17) is 5.73 Å². The first-order valence-electron chi connectivity index (χ1n) is 8.96. The summed E-state index contributed by atoms with van der Waals surface area (Å²) in [6.07, 6.45) is 0. The normalized spacial score (nSPS) is 13.6. The van der Waals surface area contributed by atoms with E-state index in [9.17, 15) is 14.4 Å². The number of hydrogen-bond donors (Lipinski definition) is 3. The molecular weight excluding hydrogens is 358 g/mol. The number of rotatable bonds is 3. The molecule has 0 bridgehead atoms. The van der Waals surface area contributed by atoms with Gasteiger partial charge in [-0.25, -0.2) is 9.80 Å². The Kier molecular flexibility index (Phi) is 8.13. The van der Waals surface area contributed by atoms with Crippen molar-refractivity contribution in [3.63, 3.8) is 0 Å². The number of amides is 4. The molecule has 1 aliphatic rings. The molecule has 1 aliphatic heterocycles. The van der Waals surface area contributed by atoms with Gasteiger partial charge in [0, 0.05) is 44.4 Å². The third-order valence-electron chi connectivity index (χ3n) is 4.05. The van der Waals surface area contributed by atoms with E-state index < -0.39 is 6.03 Å². The zero-order chi connectivity index (χ0) is 20.4. The number of nitrogens with zero attached hydrogens (tertiary/aromatic N) is 2. The van der Waals surface area contributed by atoms with Crippen LogP contribution in [0.2, 0.25) is 0 Å². The topological polar surface area (TPSA) is 108 Å². The number of piperazine rings is 1. The van der Waals surface area contributed by atoms with Crippen molar-refractivity contribution in [3.8, 4) is 0 Å². The molecule has 2 aromatic rings. The number of benzene rings is 2. The largest absolute Gasteiger partial charge is 0.366 e. The van der Waals surface area contributed by atoms with Gasteiger partial charge in [0.15, 0.2) is 0 Å².